The Labute approximate surface area is 456 Å². The molecule has 72 heavy (non-hydrogen) atoms. The van der Waals surface area contributed by atoms with Crippen molar-refractivity contribution in [1.29, 1.82) is 0 Å². The largest absolute Gasteiger partial charge is 0.491 e. The Kier molecular flexibility index (Phi) is 50.4. The molecule has 410 valence electrons. The number of ketones is 3. The number of benzene rings is 3. The van der Waals surface area contributed by atoms with E-state index in [0.29, 0.717) is 76.0 Å². The maximum absolute atomic E-state index is 11.1. The van der Waals surface area contributed by atoms with Gasteiger partial charge in [-0.15, -0.1) is 0 Å². The molecule has 0 radical (unpaired) electrons. The van der Waals surface area contributed by atoms with Crippen molar-refractivity contribution in [3.05, 3.63) is 99.9 Å². The van der Waals surface area contributed by atoms with Gasteiger partial charge < -0.3 is 34.2 Å². The van der Waals surface area contributed by atoms with Gasteiger partial charge in [-0.25, -0.2) is 0 Å². The summed E-state index contributed by atoms with van der Waals surface area (Å²) in [5, 5.41) is 3.47. The Morgan fingerprint density at radius 3 is 1.29 bits per heavy atom. The maximum Gasteiger partial charge on any atom is 0.144 e. The van der Waals surface area contributed by atoms with E-state index in [4.69, 9.17) is 39.7 Å². The summed E-state index contributed by atoms with van der Waals surface area (Å²) < 4.78 is 32.2. The molecule has 3 aromatic rings. The summed E-state index contributed by atoms with van der Waals surface area (Å²) in [7, 11) is 0. The van der Waals surface area contributed by atoms with Gasteiger partial charge in [0.1, 0.15) is 34.6 Å². The topological polar surface area (TPSA) is 181 Å². The number of Topliss-reactive ketones (excluding diaryl/α,β-unsaturated/α-hetero) is 3. The summed E-state index contributed by atoms with van der Waals surface area (Å²) in [6.45, 7) is 27.6. The van der Waals surface area contributed by atoms with Crippen LogP contribution in [0.25, 0.3) is 10.4 Å². The first kappa shape index (κ1) is 72.9. The zero-order chi connectivity index (χ0) is 55.1. The summed E-state index contributed by atoms with van der Waals surface area (Å²) in [5.74, 6) is 5.95. The van der Waals surface area contributed by atoms with Crippen LogP contribution in [-0.2, 0) is 48.1 Å². The fraction of sp³-hybridized carbons (Fsp3) is 0.618. The summed E-state index contributed by atoms with van der Waals surface area (Å²) in [6, 6.07) is 23.3. The highest BCUT2D eigenvalue weighted by Gasteiger charge is 2.03. The molecule has 0 atom stereocenters. The van der Waals surface area contributed by atoms with Crippen molar-refractivity contribution in [3.8, 4) is 17.2 Å². The lowest BCUT2D eigenvalue weighted by atomic mass is 10.1. The van der Waals surface area contributed by atoms with Crippen molar-refractivity contribution in [1.82, 2.24) is 0 Å². The lowest BCUT2D eigenvalue weighted by molar-refractivity contribution is -0.118. The van der Waals surface area contributed by atoms with E-state index < -0.39 is 0 Å². The second-order valence-electron chi connectivity index (χ2n) is 17.8. The van der Waals surface area contributed by atoms with Crippen LogP contribution in [0.3, 0.4) is 0 Å². The van der Waals surface area contributed by atoms with E-state index in [-0.39, 0.29) is 47.9 Å². The van der Waals surface area contributed by atoms with Gasteiger partial charge in [-0.2, -0.15) is 50.5 Å². The van der Waals surface area contributed by atoms with Gasteiger partial charge in [-0.05, 0) is 159 Å². The van der Waals surface area contributed by atoms with Crippen LogP contribution in [0.15, 0.2) is 77.9 Å². The average Bonchev–Trinajstić information content (AvgIpc) is 3.33. The van der Waals surface area contributed by atoms with Gasteiger partial charge in [0.25, 0.3) is 0 Å². The third kappa shape index (κ3) is 51.5. The van der Waals surface area contributed by atoms with Crippen LogP contribution in [0.2, 0.25) is 0 Å². The van der Waals surface area contributed by atoms with Gasteiger partial charge in [0, 0.05) is 54.6 Å². The van der Waals surface area contributed by atoms with Crippen LogP contribution in [-0.4, -0.2) is 97.3 Å². The van der Waals surface area contributed by atoms with E-state index in [0.717, 1.165) is 58.5 Å². The molecule has 0 spiro atoms. The molecule has 3 aromatic carbocycles. The highest BCUT2D eigenvalue weighted by Crippen LogP contribution is 2.16. The van der Waals surface area contributed by atoms with Gasteiger partial charge in [-0.3, -0.25) is 14.4 Å². The molecule has 0 amide bonds. The summed E-state index contributed by atoms with van der Waals surface area (Å²) in [4.78, 5) is 35.3. The molecule has 3 rings (SSSR count). The Balaban J connectivity index is -0.000000809. The van der Waals surface area contributed by atoms with Crippen LogP contribution < -0.4 is 19.9 Å². The fourth-order valence-electron chi connectivity index (χ4n) is 5.05. The minimum absolute atomic E-state index is 0.143. The summed E-state index contributed by atoms with van der Waals surface area (Å²) in [5.41, 5.74) is 16.9. The van der Waals surface area contributed by atoms with E-state index in [1.807, 2.05) is 142 Å². The number of thiol groups is 4. The fourth-order valence-corrected chi connectivity index (χ4v) is 6.04. The predicted molar refractivity (Wildman–Crippen MR) is 312 cm³/mol. The van der Waals surface area contributed by atoms with E-state index >= 15 is 0 Å². The number of aryl methyl sites for hydroxylation is 1. The standard InChI is InChI=1S/C13H18O2S.C10H13N3O.C10H15NO.C10H20O3S.C7H14O2S.C5H12S/c1-10(2)15-13-7-4-11(5-8-13)3-6-12(14)9-16;1-8(2)14-10-5-3-9(4-6-10)7-12-13-11;1-8(2)12-10-5-3-9(7-11)4-6-10;1-9(2)13-7-6-12-5-3-4-10(11)8-14;1-6(2)9-4-3-7(8)5-10;1-5(2)3-4-6/h4-5,7-8,10,16H,3,6,9H2,1-2H3;3-6,8H,7H2,1-2H3;3-6,8H,7,11H2,1-2H3;9,14H,3-8H2,1-2H3;6,10H,3-5H2,1-2H3;5-6H,3-4H2,1-2H3. The predicted octanol–water partition coefficient (Wildman–Crippen LogP) is 13.1. The van der Waals surface area contributed by atoms with Gasteiger partial charge in [0.2, 0.25) is 0 Å². The zero-order valence-electron chi connectivity index (χ0n) is 45.6. The SMILES string of the molecule is CC(C)CCS.CC(C)OCCC(=O)CS.CC(C)OCCOCCCC(=O)CS.CC(C)Oc1ccc(CCC(=O)CS)cc1.CC(C)Oc1ccc(CN)cc1.CC(C)Oc1ccc(CN=[N+]=[N-])cc1. The molecule has 0 saturated carbocycles. The third-order valence-corrected chi connectivity index (χ3v) is 9.94. The van der Waals surface area contributed by atoms with Crippen molar-refractivity contribution in [3.63, 3.8) is 0 Å². The average molecular weight is 1080 g/mol. The number of hydrogen-bond donors (Lipinski definition) is 5. The molecule has 17 heteroatoms. The number of rotatable bonds is 29. The molecule has 13 nitrogen and oxygen atoms in total. The summed E-state index contributed by atoms with van der Waals surface area (Å²) in [6.07, 6.45) is 5.48. The molecule has 0 aliphatic carbocycles. The van der Waals surface area contributed by atoms with Crippen LogP contribution in [0.1, 0.15) is 132 Å². The van der Waals surface area contributed by atoms with Gasteiger partial charge >= 0.3 is 0 Å². The number of carbonyl (C=O) groups is 3. The number of ether oxygens (including phenoxy) is 6. The highest BCUT2D eigenvalue weighted by atomic mass is 32.1. The van der Waals surface area contributed by atoms with Crippen molar-refractivity contribution < 1.29 is 42.8 Å². The van der Waals surface area contributed by atoms with Crippen LogP contribution in [0.5, 0.6) is 17.2 Å². The quantitative estimate of drug-likeness (QED) is 0.0148. The lowest BCUT2D eigenvalue weighted by Crippen LogP contribution is -2.10. The molecular weight excluding hydrogens is 989 g/mol. The van der Waals surface area contributed by atoms with Crippen molar-refractivity contribution >= 4 is 67.9 Å². The molecule has 0 saturated heterocycles. The summed E-state index contributed by atoms with van der Waals surface area (Å²) >= 11 is 15.7. The number of azide groups is 1. The van der Waals surface area contributed by atoms with Crippen LogP contribution >= 0.6 is 50.5 Å². The minimum Gasteiger partial charge on any atom is -0.491 e. The first-order valence-corrected chi connectivity index (χ1v) is 27.5. The smallest absolute Gasteiger partial charge is 0.144 e. The normalized spacial score (nSPS) is 10.3. The van der Waals surface area contributed by atoms with E-state index in [1.165, 1.54) is 6.42 Å². The van der Waals surface area contributed by atoms with Crippen LogP contribution in [0, 0.1) is 5.92 Å². The monoisotopic (exact) mass is 1080 g/mol. The molecule has 0 bridgehead atoms. The Bertz CT molecular complexity index is 1790. The zero-order valence-corrected chi connectivity index (χ0v) is 49.2. The minimum atomic E-state index is 0.143. The molecule has 0 fully saturated rings. The first-order valence-electron chi connectivity index (χ1n) is 24.9. The number of nitrogens with zero attached hydrogens (tertiary/aromatic N) is 3. The molecule has 0 unspecified atom stereocenters. The van der Waals surface area contributed by atoms with Crippen molar-refractivity contribution in [2.45, 2.75) is 165 Å². The van der Waals surface area contributed by atoms with Gasteiger partial charge in [0.05, 0.1) is 56.9 Å². The van der Waals surface area contributed by atoms with E-state index in [9.17, 15) is 14.4 Å². The van der Waals surface area contributed by atoms with E-state index in [2.05, 4.69) is 74.4 Å². The first-order chi connectivity index (χ1) is 34.2. The highest BCUT2D eigenvalue weighted by molar-refractivity contribution is 7.81. The van der Waals surface area contributed by atoms with Gasteiger partial charge in [0.15, 0.2) is 0 Å². The number of hydrogen-bond acceptors (Lipinski definition) is 15. The van der Waals surface area contributed by atoms with Crippen molar-refractivity contribution in [2.75, 3.05) is 49.4 Å². The Morgan fingerprint density at radius 1 is 0.528 bits per heavy atom. The third-order valence-electron chi connectivity index (χ3n) is 8.62. The van der Waals surface area contributed by atoms with E-state index in [1.54, 1.807) is 0 Å². The Hall–Kier alpha value is -3.38. The molecule has 0 aromatic heterocycles. The van der Waals surface area contributed by atoms with Crippen LogP contribution in [0.4, 0.5) is 0 Å². The molecule has 0 aliphatic heterocycles. The molecule has 2 N–H and O–H groups in total. The molecule has 0 aliphatic rings. The van der Waals surface area contributed by atoms with Gasteiger partial charge in [-0.1, -0.05) is 55.4 Å². The molecule has 0 heterocycles. The number of carbonyl (C=O) groups excluding carboxylic acids is 3. The lowest BCUT2D eigenvalue weighted by Gasteiger charge is -2.09. The second-order valence-corrected chi connectivity index (χ2v) is 19.2. The molecular formula is C55H92N4O9S4. The maximum atomic E-state index is 11.1. The number of nitrogens with two attached hydrogens (primary N) is 1. The Morgan fingerprint density at radius 2 is 0.931 bits per heavy atom. The second kappa shape index (κ2) is 49.8. The van der Waals surface area contributed by atoms with Crippen molar-refractivity contribution in [2.24, 2.45) is 16.8 Å².